The summed E-state index contributed by atoms with van der Waals surface area (Å²) in [6, 6.07) is 16.7. The minimum Gasteiger partial charge on any atom is -0.340 e. The van der Waals surface area contributed by atoms with Gasteiger partial charge in [-0.3, -0.25) is 4.79 Å². The molecule has 0 aliphatic rings. The summed E-state index contributed by atoms with van der Waals surface area (Å²) in [7, 11) is 0. The van der Waals surface area contributed by atoms with E-state index in [0.29, 0.717) is 22.8 Å². The van der Waals surface area contributed by atoms with Gasteiger partial charge in [-0.2, -0.15) is 0 Å². The molecule has 1 aromatic heterocycles. The van der Waals surface area contributed by atoms with E-state index in [9.17, 15) is 9.18 Å². The van der Waals surface area contributed by atoms with E-state index in [1.807, 2.05) is 6.07 Å². The smallest absolute Gasteiger partial charge is 0.255 e. The number of hydrogen-bond donors (Lipinski definition) is 2. The van der Waals surface area contributed by atoms with Gasteiger partial charge in [0.05, 0.1) is 16.9 Å². The van der Waals surface area contributed by atoms with Crippen LogP contribution in [0.25, 0.3) is 0 Å². The zero-order valence-electron chi connectivity index (χ0n) is 12.5. The monoisotopic (exact) mass is 341 g/mol. The minimum absolute atomic E-state index is 0.0340. The summed E-state index contributed by atoms with van der Waals surface area (Å²) in [4.78, 5) is 16.3. The number of rotatable bonds is 4. The van der Waals surface area contributed by atoms with Gasteiger partial charge in [-0.1, -0.05) is 29.8 Å². The number of pyridine rings is 1. The van der Waals surface area contributed by atoms with Crippen molar-refractivity contribution in [2.75, 3.05) is 10.6 Å². The predicted molar refractivity (Wildman–Crippen MR) is 93.3 cm³/mol. The van der Waals surface area contributed by atoms with E-state index in [0.717, 1.165) is 0 Å². The van der Waals surface area contributed by atoms with Gasteiger partial charge in [0.15, 0.2) is 0 Å². The average molecular weight is 342 g/mol. The SMILES string of the molecule is O=C(Nc1ccc(Nc2ccc(F)c(Cl)c2)nc1)c1ccccc1. The Morgan fingerprint density at radius 3 is 2.42 bits per heavy atom. The van der Waals surface area contributed by atoms with Crippen LogP contribution in [0.2, 0.25) is 5.02 Å². The van der Waals surface area contributed by atoms with E-state index < -0.39 is 5.82 Å². The molecule has 2 N–H and O–H groups in total. The largest absolute Gasteiger partial charge is 0.340 e. The first-order valence-corrected chi connectivity index (χ1v) is 7.54. The lowest BCUT2D eigenvalue weighted by Gasteiger charge is -2.08. The minimum atomic E-state index is -0.478. The van der Waals surface area contributed by atoms with Crippen molar-refractivity contribution in [3.8, 4) is 0 Å². The second kappa shape index (κ2) is 7.10. The van der Waals surface area contributed by atoms with Crippen LogP contribution in [0.1, 0.15) is 10.4 Å². The van der Waals surface area contributed by atoms with Gasteiger partial charge in [0.1, 0.15) is 11.6 Å². The molecule has 0 fully saturated rings. The topological polar surface area (TPSA) is 54.0 Å². The molecule has 0 aliphatic heterocycles. The van der Waals surface area contributed by atoms with Crippen molar-refractivity contribution < 1.29 is 9.18 Å². The second-order valence-electron chi connectivity index (χ2n) is 5.01. The molecule has 2 aromatic carbocycles. The summed E-state index contributed by atoms with van der Waals surface area (Å²) < 4.78 is 13.1. The summed E-state index contributed by atoms with van der Waals surface area (Å²) in [5.41, 5.74) is 1.77. The van der Waals surface area contributed by atoms with Gasteiger partial charge >= 0.3 is 0 Å². The number of halogens is 2. The Labute approximate surface area is 143 Å². The number of anilines is 3. The molecule has 0 aliphatic carbocycles. The molecule has 0 atom stereocenters. The molecule has 0 saturated heterocycles. The third-order valence-electron chi connectivity index (χ3n) is 3.25. The number of nitrogens with zero attached hydrogens (tertiary/aromatic N) is 1. The number of amides is 1. The van der Waals surface area contributed by atoms with Gasteiger partial charge in [-0.05, 0) is 42.5 Å². The van der Waals surface area contributed by atoms with Gasteiger partial charge in [0.25, 0.3) is 5.91 Å². The number of nitrogens with one attached hydrogen (secondary N) is 2. The van der Waals surface area contributed by atoms with Crippen molar-refractivity contribution >= 4 is 34.7 Å². The van der Waals surface area contributed by atoms with Crippen molar-refractivity contribution in [2.45, 2.75) is 0 Å². The van der Waals surface area contributed by atoms with E-state index >= 15 is 0 Å². The average Bonchev–Trinajstić information content (AvgIpc) is 2.61. The molecule has 3 aromatic rings. The Hall–Kier alpha value is -2.92. The number of benzene rings is 2. The van der Waals surface area contributed by atoms with E-state index in [1.54, 1.807) is 42.5 Å². The lowest BCUT2D eigenvalue weighted by Crippen LogP contribution is -2.11. The number of aromatic nitrogens is 1. The van der Waals surface area contributed by atoms with Gasteiger partial charge < -0.3 is 10.6 Å². The fourth-order valence-corrected chi connectivity index (χ4v) is 2.24. The van der Waals surface area contributed by atoms with Crippen LogP contribution in [0.5, 0.6) is 0 Å². The Morgan fingerprint density at radius 2 is 1.75 bits per heavy atom. The number of carbonyl (C=O) groups is 1. The zero-order valence-corrected chi connectivity index (χ0v) is 13.2. The van der Waals surface area contributed by atoms with Gasteiger partial charge in [-0.25, -0.2) is 9.37 Å². The maximum absolute atomic E-state index is 13.1. The van der Waals surface area contributed by atoms with Crippen LogP contribution < -0.4 is 10.6 Å². The van der Waals surface area contributed by atoms with E-state index in [4.69, 9.17) is 11.6 Å². The van der Waals surface area contributed by atoms with Crippen LogP contribution >= 0.6 is 11.6 Å². The summed E-state index contributed by atoms with van der Waals surface area (Å²) >= 11 is 5.74. The highest BCUT2D eigenvalue weighted by atomic mass is 35.5. The van der Waals surface area contributed by atoms with Crippen molar-refractivity contribution in [3.63, 3.8) is 0 Å². The first-order valence-electron chi connectivity index (χ1n) is 7.16. The maximum Gasteiger partial charge on any atom is 0.255 e. The molecule has 4 nitrogen and oxygen atoms in total. The molecule has 3 rings (SSSR count). The first-order chi connectivity index (χ1) is 11.6. The van der Waals surface area contributed by atoms with Crippen molar-refractivity contribution in [1.82, 2.24) is 4.98 Å². The highest BCUT2D eigenvalue weighted by molar-refractivity contribution is 6.31. The van der Waals surface area contributed by atoms with Crippen molar-refractivity contribution in [1.29, 1.82) is 0 Å². The van der Waals surface area contributed by atoms with Crippen LogP contribution in [-0.2, 0) is 0 Å². The Morgan fingerprint density at radius 1 is 1.00 bits per heavy atom. The summed E-state index contributed by atoms with van der Waals surface area (Å²) in [6.07, 6.45) is 1.54. The van der Waals surface area contributed by atoms with Crippen LogP contribution in [0.3, 0.4) is 0 Å². The fraction of sp³-hybridized carbons (Fsp3) is 0. The molecule has 120 valence electrons. The quantitative estimate of drug-likeness (QED) is 0.711. The van der Waals surface area contributed by atoms with Crippen LogP contribution in [0.4, 0.5) is 21.6 Å². The lowest BCUT2D eigenvalue weighted by molar-refractivity contribution is 0.102. The second-order valence-corrected chi connectivity index (χ2v) is 5.41. The zero-order chi connectivity index (χ0) is 16.9. The van der Waals surface area contributed by atoms with E-state index in [1.165, 1.54) is 18.3 Å². The molecule has 1 amide bonds. The lowest BCUT2D eigenvalue weighted by atomic mass is 10.2. The molecule has 0 spiro atoms. The van der Waals surface area contributed by atoms with Crippen molar-refractivity contribution in [3.05, 3.63) is 83.3 Å². The highest BCUT2D eigenvalue weighted by Crippen LogP contribution is 2.22. The summed E-state index contributed by atoms with van der Waals surface area (Å²) in [6.45, 7) is 0. The van der Waals surface area contributed by atoms with Crippen molar-refractivity contribution in [2.24, 2.45) is 0 Å². The fourth-order valence-electron chi connectivity index (χ4n) is 2.06. The molecule has 0 saturated carbocycles. The highest BCUT2D eigenvalue weighted by Gasteiger charge is 2.06. The number of hydrogen-bond acceptors (Lipinski definition) is 3. The third-order valence-corrected chi connectivity index (χ3v) is 3.54. The van der Waals surface area contributed by atoms with E-state index in [-0.39, 0.29) is 10.9 Å². The van der Waals surface area contributed by atoms with Crippen LogP contribution in [0, 0.1) is 5.82 Å². The molecule has 0 bridgehead atoms. The normalized spacial score (nSPS) is 10.2. The molecule has 6 heteroatoms. The Kier molecular flexibility index (Phi) is 4.72. The Bertz CT molecular complexity index is 854. The molecular formula is C18H13ClFN3O. The Balaban J connectivity index is 1.67. The summed E-state index contributed by atoms with van der Waals surface area (Å²) in [5, 5.41) is 5.81. The first kappa shape index (κ1) is 16.0. The molecule has 24 heavy (non-hydrogen) atoms. The predicted octanol–water partition coefficient (Wildman–Crippen LogP) is 4.87. The van der Waals surface area contributed by atoms with Gasteiger partial charge in [-0.15, -0.1) is 0 Å². The van der Waals surface area contributed by atoms with E-state index in [2.05, 4.69) is 15.6 Å². The van der Waals surface area contributed by atoms with Gasteiger partial charge in [0, 0.05) is 11.3 Å². The number of carbonyl (C=O) groups excluding carboxylic acids is 1. The molecular weight excluding hydrogens is 329 g/mol. The summed E-state index contributed by atoms with van der Waals surface area (Å²) in [5.74, 6) is -0.132. The maximum atomic E-state index is 13.1. The molecule has 1 heterocycles. The third kappa shape index (κ3) is 3.88. The van der Waals surface area contributed by atoms with Crippen LogP contribution in [0.15, 0.2) is 66.9 Å². The molecule has 0 unspecified atom stereocenters. The van der Waals surface area contributed by atoms with Gasteiger partial charge in [0.2, 0.25) is 0 Å². The standard InChI is InChI=1S/C18H13ClFN3O/c19-15-10-13(6-8-16(15)20)22-17-9-7-14(11-21-17)23-18(24)12-4-2-1-3-5-12/h1-11H,(H,21,22)(H,23,24). The van der Waals surface area contributed by atoms with Crippen LogP contribution in [-0.4, -0.2) is 10.9 Å². The molecule has 0 radical (unpaired) electrons.